The van der Waals surface area contributed by atoms with E-state index in [4.69, 9.17) is 0 Å². The summed E-state index contributed by atoms with van der Waals surface area (Å²) in [6.45, 7) is 2.96. The molecular weight excluding hydrogens is 228 g/mol. The number of amides is 1. The van der Waals surface area contributed by atoms with Gasteiger partial charge in [0.25, 0.3) is 5.91 Å². The minimum absolute atomic E-state index is 0.140. The molecular formula is C13H20N4O. The summed E-state index contributed by atoms with van der Waals surface area (Å²) in [7, 11) is 1.77. The standard InChI is InChI=1S/C13H20N4O/c1-13(5-3-4-6-13)9-17-12(18)10-7-16-11(14-2)8-15-10/h7-8H,3-6,9H2,1-2H3,(H,14,16)(H,17,18). The van der Waals surface area contributed by atoms with Crippen molar-refractivity contribution in [2.24, 2.45) is 5.41 Å². The van der Waals surface area contributed by atoms with Crippen LogP contribution in [0.1, 0.15) is 43.1 Å². The zero-order chi connectivity index (χ0) is 13.0. The van der Waals surface area contributed by atoms with Crippen LogP contribution in [0.3, 0.4) is 0 Å². The second-order valence-electron chi connectivity index (χ2n) is 5.24. The second kappa shape index (κ2) is 5.33. The molecule has 1 aromatic heterocycles. The molecule has 1 aliphatic rings. The van der Waals surface area contributed by atoms with Crippen molar-refractivity contribution in [1.29, 1.82) is 0 Å². The summed E-state index contributed by atoms with van der Waals surface area (Å²) in [5, 5.41) is 5.83. The number of rotatable bonds is 4. The lowest BCUT2D eigenvalue weighted by atomic mass is 9.89. The molecule has 2 rings (SSSR count). The summed E-state index contributed by atoms with van der Waals surface area (Å²) >= 11 is 0. The minimum atomic E-state index is -0.140. The number of nitrogens with zero attached hydrogens (tertiary/aromatic N) is 2. The third-order valence-corrected chi connectivity index (χ3v) is 3.63. The maximum absolute atomic E-state index is 11.9. The van der Waals surface area contributed by atoms with Gasteiger partial charge in [0.15, 0.2) is 0 Å². The molecule has 1 saturated carbocycles. The van der Waals surface area contributed by atoms with Crippen LogP contribution in [0.2, 0.25) is 0 Å². The van der Waals surface area contributed by atoms with Crippen LogP contribution in [0, 0.1) is 5.41 Å². The Balaban J connectivity index is 1.90. The number of hydrogen-bond acceptors (Lipinski definition) is 4. The Morgan fingerprint density at radius 2 is 2.06 bits per heavy atom. The number of nitrogens with one attached hydrogen (secondary N) is 2. The lowest BCUT2D eigenvalue weighted by Crippen LogP contribution is -2.34. The molecule has 0 radical (unpaired) electrons. The first-order valence-electron chi connectivity index (χ1n) is 6.41. The highest BCUT2D eigenvalue weighted by Crippen LogP contribution is 2.36. The van der Waals surface area contributed by atoms with E-state index in [0.29, 0.717) is 11.5 Å². The largest absolute Gasteiger partial charge is 0.372 e. The average molecular weight is 248 g/mol. The van der Waals surface area contributed by atoms with Gasteiger partial charge in [-0.3, -0.25) is 4.79 Å². The van der Waals surface area contributed by atoms with Crippen molar-refractivity contribution in [3.63, 3.8) is 0 Å². The molecule has 1 amide bonds. The van der Waals surface area contributed by atoms with Crippen molar-refractivity contribution in [2.75, 3.05) is 18.9 Å². The molecule has 1 fully saturated rings. The molecule has 0 bridgehead atoms. The normalized spacial score (nSPS) is 17.4. The van der Waals surface area contributed by atoms with E-state index in [1.165, 1.54) is 31.9 Å². The molecule has 0 unspecified atom stereocenters. The Hall–Kier alpha value is -1.65. The van der Waals surface area contributed by atoms with Gasteiger partial charge < -0.3 is 10.6 Å². The quantitative estimate of drug-likeness (QED) is 0.853. The van der Waals surface area contributed by atoms with Gasteiger partial charge in [0.2, 0.25) is 0 Å². The minimum Gasteiger partial charge on any atom is -0.372 e. The SMILES string of the molecule is CNc1cnc(C(=O)NCC2(C)CCCC2)cn1. The first-order chi connectivity index (χ1) is 8.63. The van der Waals surface area contributed by atoms with Gasteiger partial charge in [-0.1, -0.05) is 19.8 Å². The number of aromatic nitrogens is 2. The van der Waals surface area contributed by atoms with E-state index in [2.05, 4.69) is 27.5 Å². The molecule has 1 aliphatic carbocycles. The van der Waals surface area contributed by atoms with Crippen molar-refractivity contribution in [2.45, 2.75) is 32.6 Å². The molecule has 98 valence electrons. The molecule has 1 aromatic rings. The fourth-order valence-corrected chi connectivity index (χ4v) is 2.36. The van der Waals surface area contributed by atoms with Gasteiger partial charge in [-0.05, 0) is 18.3 Å². The topological polar surface area (TPSA) is 66.9 Å². The lowest BCUT2D eigenvalue weighted by Gasteiger charge is -2.23. The van der Waals surface area contributed by atoms with Crippen molar-refractivity contribution < 1.29 is 4.79 Å². The Kier molecular flexibility index (Phi) is 3.79. The molecule has 0 atom stereocenters. The summed E-state index contributed by atoms with van der Waals surface area (Å²) in [4.78, 5) is 20.1. The monoisotopic (exact) mass is 248 g/mol. The van der Waals surface area contributed by atoms with Crippen LogP contribution in [0.25, 0.3) is 0 Å². The van der Waals surface area contributed by atoms with Crippen LogP contribution in [0.15, 0.2) is 12.4 Å². The van der Waals surface area contributed by atoms with E-state index in [1.54, 1.807) is 13.2 Å². The van der Waals surface area contributed by atoms with Crippen LogP contribution < -0.4 is 10.6 Å². The molecule has 0 saturated heterocycles. The number of carbonyl (C=O) groups excluding carboxylic acids is 1. The zero-order valence-corrected chi connectivity index (χ0v) is 11.0. The molecule has 0 aromatic carbocycles. The van der Waals surface area contributed by atoms with E-state index in [-0.39, 0.29) is 11.3 Å². The predicted molar refractivity (Wildman–Crippen MR) is 70.5 cm³/mol. The Bertz CT molecular complexity index is 410. The van der Waals surface area contributed by atoms with Gasteiger partial charge >= 0.3 is 0 Å². The molecule has 18 heavy (non-hydrogen) atoms. The third kappa shape index (κ3) is 2.97. The van der Waals surface area contributed by atoms with E-state index in [9.17, 15) is 4.79 Å². The Labute approximate surface area is 107 Å². The predicted octanol–water partition coefficient (Wildman–Crippen LogP) is 1.83. The summed E-state index contributed by atoms with van der Waals surface area (Å²) in [5.74, 6) is 0.521. The fraction of sp³-hybridized carbons (Fsp3) is 0.615. The van der Waals surface area contributed by atoms with Crippen molar-refractivity contribution >= 4 is 11.7 Å². The molecule has 0 aliphatic heterocycles. The summed E-state index contributed by atoms with van der Waals surface area (Å²) in [6, 6.07) is 0. The van der Waals surface area contributed by atoms with Crippen LogP contribution in [-0.4, -0.2) is 29.5 Å². The molecule has 0 spiro atoms. The maximum atomic E-state index is 11.9. The van der Waals surface area contributed by atoms with E-state index < -0.39 is 0 Å². The van der Waals surface area contributed by atoms with Crippen molar-refractivity contribution in [3.8, 4) is 0 Å². The van der Waals surface area contributed by atoms with Gasteiger partial charge in [0, 0.05) is 13.6 Å². The number of anilines is 1. The highest BCUT2D eigenvalue weighted by atomic mass is 16.1. The van der Waals surface area contributed by atoms with Gasteiger partial charge in [-0.25, -0.2) is 9.97 Å². The second-order valence-corrected chi connectivity index (χ2v) is 5.24. The van der Waals surface area contributed by atoms with Crippen molar-refractivity contribution in [3.05, 3.63) is 18.1 Å². The van der Waals surface area contributed by atoms with Crippen molar-refractivity contribution in [1.82, 2.24) is 15.3 Å². The van der Waals surface area contributed by atoms with Crippen LogP contribution >= 0.6 is 0 Å². The van der Waals surface area contributed by atoms with Crippen LogP contribution in [-0.2, 0) is 0 Å². The zero-order valence-electron chi connectivity index (χ0n) is 11.0. The third-order valence-electron chi connectivity index (χ3n) is 3.63. The summed E-state index contributed by atoms with van der Waals surface area (Å²) < 4.78 is 0. The van der Waals surface area contributed by atoms with Gasteiger partial charge in [0.05, 0.1) is 12.4 Å². The van der Waals surface area contributed by atoms with E-state index >= 15 is 0 Å². The van der Waals surface area contributed by atoms with Gasteiger partial charge in [-0.2, -0.15) is 0 Å². The first-order valence-corrected chi connectivity index (χ1v) is 6.41. The first kappa shape index (κ1) is 12.8. The van der Waals surface area contributed by atoms with E-state index in [0.717, 1.165) is 6.54 Å². The fourth-order valence-electron chi connectivity index (χ4n) is 2.36. The van der Waals surface area contributed by atoms with Crippen LogP contribution in [0.5, 0.6) is 0 Å². The Morgan fingerprint density at radius 3 is 2.61 bits per heavy atom. The molecule has 1 heterocycles. The highest BCUT2D eigenvalue weighted by Gasteiger charge is 2.29. The number of carbonyl (C=O) groups is 1. The smallest absolute Gasteiger partial charge is 0.271 e. The summed E-state index contributed by atoms with van der Waals surface area (Å²) in [5.41, 5.74) is 0.629. The summed E-state index contributed by atoms with van der Waals surface area (Å²) in [6.07, 6.45) is 7.98. The number of hydrogen-bond donors (Lipinski definition) is 2. The highest BCUT2D eigenvalue weighted by molar-refractivity contribution is 5.92. The average Bonchev–Trinajstić information content (AvgIpc) is 2.83. The lowest BCUT2D eigenvalue weighted by molar-refractivity contribution is 0.0929. The molecule has 5 heteroatoms. The van der Waals surface area contributed by atoms with Gasteiger partial charge in [-0.15, -0.1) is 0 Å². The molecule has 2 N–H and O–H groups in total. The molecule has 5 nitrogen and oxygen atoms in total. The van der Waals surface area contributed by atoms with E-state index in [1.807, 2.05) is 0 Å². The van der Waals surface area contributed by atoms with Crippen LogP contribution in [0.4, 0.5) is 5.82 Å². The Morgan fingerprint density at radius 1 is 1.33 bits per heavy atom. The maximum Gasteiger partial charge on any atom is 0.271 e. The van der Waals surface area contributed by atoms with Gasteiger partial charge in [0.1, 0.15) is 11.5 Å².